The number of halogens is 1. The van der Waals surface area contributed by atoms with Gasteiger partial charge in [0.25, 0.3) is 0 Å². The number of urea groups is 1. The molecule has 0 fully saturated rings. The van der Waals surface area contributed by atoms with E-state index in [9.17, 15) is 9.59 Å². The Labute approximate surface area is 241 Å². The molecule has 0 unspecified atom stereocenters. The van der Waals surface area contributed by atoms with Crippen LogP contribution in [0.1, 0.15) is 48.6 Å². The molecule has 7 nitrogen and oxygen atoms in total. The molecule has 8 heteroatoms. The Kier molecular flexibility index (Phi) is 12.1. The van der Waals surface area contributed by atoms with Crippen LogP contribution in [0.5, 0.6) is 0 Å². The van der Waals surface area contributed by atoms with E-state index in [1.165, 1.54) is 5.56 Å². The summed E-state index contributed by atoms with van der Waals surface area (Å²) in [6.07, 6.45) is 4.58. The lowest BCUT2D eigenvalue weighted by Gasteiger charge is -2.28. The van der Waals surface area contributed by atoms with Crippen molar-refractivity contribution in [2.24, 2.45) is 0 Å². The van der Waals surface area contributed by atoms with Crippen molar-refractivity contribution in [1.82, 2.24) is 14.4 Å². The van der Waals surface area contributed by atoms with Crippen molar-refractivity contribution in [2.45, 2.75) is 53.1 Å². The number of carbonyl (C=O) groups is 2. The minimum Gasteiger partial charge on any atom is -0.385 e. The number of carbonyl (C=O) groups excluding carboxylic acids is 2. The molecule has 3 aromatic rings. The Morgan fingerprint density at radius 1 is 1.00 bits per heavy atom. The molecule has 0 radical (unpaired) electrons. The SMILES string of the molecule is CCCCN(Cc1cccn1Cc1ccc(Br)cc1)C(=O)CN(CCCOC)C(=O)Nc1ccc(C)cc1C. The van der Waals surface area contributed by atoms with Crippen LogP contribution in [-0.2, 0) is 22.6 Å². The van der Waals surface area contributed by atoms with Gasteiger partial charge in [-0.05, 0) is 68.1 Å². The van der Waals surface area contributed by atoms with E-state index >= 15 is 0 Å². The Morgan fingerprint density at radius 3 is 2.44 bits per heavy atom. The molecule has 2 aromatic carbocycles. The minimum absolute atomic E-state index is 0.0115. The highest BCUT2D eigenvalue weighted by molar-refractivity contribution is 9.10. The van der Waals surface area contributed by atoms with E-state index in [-0.39, 0.29) is 18.5 Å². The lowest BCUT2D eigenvalue weighted by atomic mass is 10.1. The molecular weight excluding hydrogens is 556 g/mol. The number of aromatic nitrogens is 1. The summed E-state index contributed by atoms with van der Waals surface area (Å²) in [6.45, 7) is 8.93. The second-order valence-electron chi connectivity index (χ2n) is 9.94. The minimum atomic E-state index is -0.277. The smallest absolute Gasteiger partial charge is 0.322 e. The van der Waals surface area contributed by atoms with Crippen LogP contribution in [0.3, 0.4) is 0 Å². The van der Waals surface area contributed by atoms with E-state index in [0.29, 0.717) is 32.7 Å². The lowest BCUT2D eigenvalue weighted by Crippen LogP contribution is -2.45. The predicted octanol–water partition coefficient (Wildman–Crippen LogP) is 6.62. The van der Waals surface area contributed by atoms with E-state index < -0.39 is 0 Å². The van der Waals surface area contributed by atoms with E-state index in [0.717, 1.165) is 46.4 Å². The summed E-state index contributed by atoms with van der Waals surface area (Å²) < 4.78 is 8.43. The van der Waals surface area contributed by atoms with Gasteiger partial charge in [-0.2, -0.15) is 0 Å². The average Bonchev–Trinajstić information content (AvgIpc) is 3.35. The Balaban J connectivity index is 1.74. The molecule has 0 aliphatic heterocycles. The number of aryl methyl sites for hydroxylation is 2. The van der Waals surface area contributed by atoms with Crippen LogP contribution in [0.15, 0.2) is 65.3 Å². The number of amides is 3. The van der Waals surface area contributed by atoms with Gasteiger partial charge in [-0.3, -0.25) is 4.79 Å². The van der Waals surface area contributed by atoms with Crippen molar-refractivity contribution in [3.63, 3.8) is 0 Å². The van der Waals surface area contributed by atoms with Crippen LogP contribution in [0, 0.1) is 13.8 Å². The summed E-state index contributed by atoms with van der Waals surface area (Å²) in [5.41, 5.74) is 5.13. The first-order valence-corrected chi connectivity index (χ1v) is 14.4. The molecular formula is C31H41BrN4O3. The first kappa shape index (κ1) is 30.4. The molecule has 0 saturated carbocycles. The van der Waals surface area contributed by atoms with Crippen molar-refractivity contribution >= 4 is 33.6 Å². The predicted molar refractivity (Wildman–Crippen MR) is 161 cm³/mol. The zero-order chi connectivity index (χ0) is 28.2. The van der Waals surface area contributed by atoms with Gasteiger partial charge in [0.1, 0.15) is 6.54 Å². The molecule has 0 bridgehead atoms. The summed E-state index contributed by atoms with van der Waals surface area (Å²) in [7, 11) is 1.64. The van der Waals surface area contributed by atoms with Gasteiger partial charge in [0.15, 0.2) is 0 Å². The van der Waals surface area contributed by atoms with Gasteiger partial charge in [-0.25, -0.2) is 4.79 Å². The number of methoxy groups -OCH3 is 1. The molecule has 39 heavy (non-hydrogen) atoms. The maximum Gasteiger partial charge on any atom is 0.322 e. The second-order valence-corrected chi connectivity index (χ2v) is 10.9. The summed E-state index contributed by atoms with van der Waals surface area (Å²) >= 11 is 3.49. The highest BCUT2D eigenvalue weighted by Crippen LogP contribution is 2.18. The van der Waals surface area contributed by atoms with Gasteiger partial charge in [0, 0.05) is 55.4 Å². The highest BCUT2D eigenvalue weighted by Gasteiger charge is 2.22. The van der Waals surface area contributed by atoms with Crippen LogP contribution in [-0.4, -0.2) is 59.7 Å². The standard InChI is InChI=1S/C31H41BrN4O3/c1-5-6-16-35(22-28-9-7-17-34(28)21-26-11-13-27(32)14-12-26)30(37)23-36(18-8-19-39-4)31(38)33-29-15-10-24(2)20-25(29)3/h7,9-15,17,20H,5-6,8,16,18-19,21-23H2,1-4H3,(H,33,38). The van der Waals surface area contributed by atoms with Crippen molar-refractivity contribution in [1.29, 1.82) is 0 Å². The van der Waals surface area contributed by atoms with Gasteiger partial charge in [-0.15, -0.1) is 0 Å². The first-order valence-electron chi connectivity index (χ1n) is 13.6. The third-order valence-corrected chi connectivity index (χ3v) is 7.22. The summed E-state index contributed by atoms with van der Waals surface area (Å²) in [5.74, 6) is -0.0620. The van der Waals surface area contributed by atoms with E-state index in [1.807, 2.05) is 61.3 Å². The van der Waals surface area contributed by atoms with E-state index in [1.54, 1.807) is 12.0 Å². The molecule has 3 rings (SSSR count). The number of rotatable bonds is 14. The zero-order valence-electron chi connectivity index (χ0n) is 23.6. The molecule has 0 atom stereocenters. The van der Waals surface area contributed by atoms with Crippen LogP contribution in [0.2, 0.25) is 0 Å². The Hall–Kier alpha value is -3.10. The maximum absolute atomic E-state index is 13.7. The molecule has 1 heterocycles. The van der Waals surface area contributed by atoms with E-state index in [2.05, 4.69) is 50.9 Å². The molecule has 0 spiro atoms. The quantitative estimate of drug-likeness (QED) is 0.213. The van der Waals surface area contributed by atoms with Gasteiger partial charge >= 0.3 is 6.03 Å². The highest BCUT2D eigenvalue weighted by atomic mass is 79.9. The molecule has 1 aromatic heterocycles. The number of unbranched alkanes of at least 4 members (excludes halogenated alkanes) is 1. The van der Waals surface area contributed by atoms with Gasteiger partial charge in [0.05, 0.1) is 6.54 Å². The summed E-state index contributed by atoms with van der Waals surface area (Å²) in [4.78, 5) is 30.4. The summed E-state index contributed by atoms with van der Waals surface area (Å²) in [6, 6.07) is 18.0. The third-order valence-electron chi connectivity index (χ3n) is 6.69. The monoisotopic (exact) mass is 596 g/mol. The van der Waals surface area contributed by atoms with Crippen molar-refractivity contribution < 1.29 is 14.3 Å². The lowest BCUT2D eigenvalue weighted by molar-refractivity contribution is -0.132. The Morgan fingerprint density at radius 2 is 1.74 bits per heavy atom. The van der Waals surface area contributed by atoms with Gasteiger partial charge in [0.2, 0.25) is 5.91 Å². The van der Waals surface area contributed by atoms with E-state index in [4.69, 9.17) is 4.74 Å². The zero-order valence-corrected chi connectivity index (χ0v) is 25.2. The van der Waals surface area contributed by atoms with Crippen LogP contribution in [0.25, 0.3) is 0 Å². The number of hydrogen-bond donors (Lipinski definition) is 1. The number of ether oxygens (including phenoxy) is 1. The molecule has 0 saturated heterocycles. The normalized spacial score (nSPS) is 10.9. The summed E-state index contributed by atoms with van der Waals surface area (Å²) in [5, 5.41) is 3.01. The van der Waals surface area contributed by atoms with Crippen LogP contribution < -0.4 is 5.32 Å². The molecule has 210 valence electrons. The van der Waals surface area contributed by atoms with Gasteiger partial charge in [-0.1, -0.05) is 59.1 Å². The molecule has 3 amide bonds. The number of nitrogens with zero attached hydrogens (tertiary/aromatic N) is 3. The van der Waals surface area contributed by atoms with Crippen molar-refractivity contribution in [3.8, 4) is 0 Å². The fraction of sp³-hybridized carbons (Fsp3) is 0.419. The molecule has 1 N–H and O–H groups in total. The van der Waals surface area contributed by atoms with Crippen LogP contribution in [0.4, 0.5) is 10.5 Å². The fourth-order valence-electron chi connectivity index (χ4n) is 4.43. The first-order chi connectivity index (χ1) is 18.8. The number of hydrogen-bond acceptors (Lipinski definition) is 3. The van der Waals surface area contributed by atoms with Gasteiger partial charge < -0.3 is 24.4 Å². The number of nitrogens with one attached hydrogen (secondary N) is 1. The molecule has 0 aliphatic rings. The van der Waals surface area contributed by atoms with Crippen molar-refractivity contribution in [2.75, 3.05) is 38.7 Å². The largest absolute Gasteiger partial charge is 0.385 e. The third kappa shape index (κ3) is 9.55. The topological polar surface area (TPSA) is 66.8 Å². The fourth-order valence-corrected chi connectivity index (χ4v) is 4.70. The Bertz CT molecular complexity index is 1210. The molecule has 0 aliphatic carbocycles. The second kappa shape index (κ2) is 15.5. The average molecular weight is 598 g/mol. The maximum atomic E-state index is 13.7. The number of benzene rings is 2. The van der Waals surface area contributed by atoms with Crippen LogP contribution >= 0.6 is 15.9 Å². The number of anilines is 1. The van der Waals surface area contributed by atoms with Crippen molar-refractivity contribution in [3.05, 3.63) is 87.7 Å².